The zero-order valence-electron chi connectivity index (χ0n) is 16.1. The number of Topliss-reactive ketones (excluding diaryl/α,β-unsaturated/α-hetero) is 1. The highest BCUT2D eigenvalue weighted by Crippen LogP contribution is 2.66. The second-order valence-electron chi connectivity index (χ2n) is 9.55. The molecule has 4 aliphatic rings. The summed E-state index contributed by atoms with van der Waals surface area (Å²) in [4.78, 5) is 24.4. The van der Waals surface area contributed by atoms with Crippen LogP contribution in [0.5, 0.6) is 0 Å². The van der Waals surface area contributed by atoms with Gasteiger partial charge in [-0.3, -0.25) is 9.59 Å². The molecule has 0 aromatic rings. The van der Waals surface area contributed by atoms with Crippen molar-refractivity contribution in [2.75, 3.05) is 7.11 Å². The van der Waals surface area contributed by atoms with Crippen LogP contribution in [0.2, 0.25) is 0 Å². The van der Waals surface area contributed by atoms with E-state index >= 15 is 0 Å². The maximum atomic E-state index is 12.2. The van der Waals surface area contributed by atoms with Gasteiger partial charge in [0.25, 0.3) is 0 Å². The third-order valence-corrected chi connectivity index (χ3v) is 8.81. The number of carbonyl (C=O) groups excluding carboxylic acids is 2. The van der Waals surface area contributed by atoms with Crippen LogP contribution in [-0.2, 0) is 14.3 Å². The Morgan fingerprint density at radius 1 is 1.16 bits per heavy atom. The molecule has 25 heavy (non-hydrogen) atoms. The molecule has 4 rings (SSSR count). The monoisotopic (exact) mass is 344 g/mol. The van der Waals surface area contributed by atoms with Gasteiger partial charge in [0.2, 0.25) is 0 Å². The minimum Gasteiger partial charge on any atom is -0.380 e. The summed E-state index contributed by atoms with van der Waals surface area (Å²) >= 11 is 0. The number of hydrogen-bond acceptors (Lipinski definition) is 3. The molecule has 0 spiro atoms. The second-order valence-corrected chi connectivity index (χ2v) is 9.55. The first-order chi connectivity index (χ1) is 11.8. The lowest BCUT2D eigenvalue weighted by molar-refractivity contribution is -0.137. The summed E-state index contributed by atoms with van der Waals surface area (Å²) in [5.74, 6) is 2.81. The molecule has 0 aromatic carbocycles. The summed E-state index contributed by atoms with van der Waals surface area (Å²) in [6.45, 7) is 6.54. The largest absolute Gasteiger partial charge is 0.380 e. The summed E-state index contributed by atoms with van der Waals surface area (Å²) in [7, 11) is 1.77. The highest BCUT2D eigenvalue weighted by atomic mass is 16.5. The minimum absolute atomic E-state index is 0.00121. The number of methoxy groups -OCH3 is 1. The molecule has 0 bridgehead atoms. The third kappa shape index (κ3) is 2.27. The quantitative estimate of drug-likeness (QED) is 0.748. The van der Waals surface area contributed by atoms with Crippen molar-refractivity contribution in [2.45, 2.75) is 71.8 Å². The van der Waals surface area contributed by atoms with Gasteiger partial charge in [-0.2, -0.15) is 0 Å². The minimum atomic E-state index is 0.00121. The van der Waals surface area contributed by atoms with Crippen LogP contribution in [0.3, 0.4) is 0 Å². The van der Waals surface area contributed by atoms with Crippen molar-refractivity contribution < 1.29 is 14.3 Å². The van der Waals surface area contributed by atoms with E-state index in [1.54, 1.807) is 14.0 Å². The van der Waals surface area contributed by atoms with Crippen LogP contribution >= 0.6 is 0 Å². The molecule has 3 nitrogen and oxygen atoms in total. The number of carbonyl (C=O) groups is 2. The Kier molecular flexibility index (Phi) is 4.03. The van der Waals surface area contributed by atoms with Gasteiger partial charge in [-0.25, -0.2) is 0 Å². The Bertz CT molecular complexity index is 635. The second kappa shape index (κ2) is 5.77. The van der Waals surface area contributed by atoms with E-state index in [1.807, 2.05) is 6.08 Å². The van der Waals surface area contributed by atoms with Crippen molar-refractivity contribution in [3.63, 3.8) is 0 Å². The van der Waals surface area contributed by atoms with Gasteiger partial charge in [0, 0.05) is 24.9 Å². The van der Waals surface area contributed by atoms with Crippen molar-refractivity contribution in [3.8, 4) is 0 Å². The molecular weight excluding hydrogens is 312 g/mol. The van der Waals surface area contributed by atoms with Gasteiger partial charge in [0.05, 0.1) is 6.10 Å². The van der Waals surface area contributed by atoms with E-state index in [1.165, 1.54) is 24.8 Å². The van der Waals surface area contributed by atoms with E-state index in [0.717, 1.165) is 19.3 Å². The molecule has 0 aromatic heterocycles. The van der Waals surface area contributed by atoms with Crippen LogP contribution in [0, 0.1) is 34.5 Å². The zero-order chi connectivity index (χ0) is 18.0. The van der Waals surface area contributed by atoms with Crippen molar-refractivity contribution >= 4 is 11.6 Å². The van der Waals surface area contributed by atoms with E-state index in [-0.39, 0.29) is 28.6 Å². The average Bonchev–Trinajstić information content (AvgIpc) is 2.92. The first kappa shape index (κ1) is 17.5. The van der Waals surface area contributed by atoms with Gasteiger partial charge in [-0.1, -0.05) is 19.4 Å². The summed E-state index contributed by atoms with van der Waals surface area (Å²) in [6, 6.07) is 0. The number of hydrogen-bond donors (Lipinski definition) is 0. The van der Waals surface area contributed by atoms with Crippen molar-refractivity contribution in [3.05, 3.63) is 11.6 Å². The molecule has 7 atom stereocenters. The van der Waals surface area contributed by atoms with Crippen molar-refractivity contribution in [1.29, 1.82) is 0 Å². The molecular formula is C22H32O3. The molecule has 0 aliphatic heterocycles. The Morgan fingerprint density at radius 2 is 1.92 bits per heavy atom. The summed E-state index contributed by atoms with van der Waals surface area (Å²) in [5.41, 5.74) is 1.53. The van der Waals surface area contributed by atoms with Gasteiger partial charge in [-0.05, 0) is 74.7 Å². The van der Waals surface area contributed by atoms with E-state index in [4.69, 9.17) is 4.74 Å². The molecule has 0 saturated heterocycles. The SMILES string of the molecule is COC1CC(=O)C=C2CCC3C4CCC(C(C)=O)C4(C)CCC3C21C. The molecule has 4 aliphatic carbocycles. The first-order valence-electron chi connectivity index (χ1n) is 10.1. The van der Waals surface area contributed by atoms with Crippen molar-refractivity contribution in [2.24, 2.45) is 34.5 Å². The summed E-state index contributed by atoms with van der Waals surface area (Å²) in [5, 5.41) is 0. The van der Waals surface area contributed by atoms with Crippen LogP contribution in [0.15, 0.2) is 11.6 Å². The topological polar surface area (TPSA) is 43.4 Å². The maximum absolute atomic E-state index is 12.2. The normalized spacial score (nSPS) is 49.0. The van der Waals surface area contributed by atoms with Crippen LogP contribution in [-0.4, -0.2) is 24.8 Å². The predicted molar refractivity (Wildman–Crippen MR) is 97.1 cm³/mol. The predicted octanol–water partition coefficient (Wildman–Crippen LogP) is 4.35. The Balaban J connectivity index is 1.70. The highest BCUT2D eigenvalue weighted by Gasteiger charge is 2.61. The number of ether oxygens (including phenoxy) is 1. The lowest BCUT2D eigenvalue weighted by Gasteiger charge is -2.59. The lowest BCUT2D eigenvalue weighted by Crippen LogP contribution is -2.55. The number of ketones is 2. The van der Waals surface area contributed by atoms with Crippen molar-refractivity contribution in [1.82, 2.24) is 0 Å². The van der Waals surface area contributed by atoms with Gasteiger partial charge in [-0.15, -0.1) is 0 Å². The molecule has 0 radical (unpaired) electrons. The van der Waals surface area contributed by atoms with Gasteiger partial charge in [0.1, 0.15) is 5.78 Å². The number of rotatable bonds is 2. The molecule has 3 fully saturated rings. The number of fused-ring (bicyclic) bond motifs is 5. The fraction of sp³-hybridized carbons (Fsp3) is 0.818. The average molecular weight is 344 g/mol. The lowest BCUT2D eigenvalue weighted by atomic mass is 9.46. The molecule has 0 N–H and O–H groups in total. The van der Waals surface area contributed by atoms with Crippen LogP contribution in [0.1, 0.15) is 65.7 Å². The molecule has 0 amide bonds. The van der Waals surface area contributed by atoms with Crippen LogP contribution in [0.25, 0.3) is 0 Å². The maximum Gasteiger partial charge on any atom is 0.158 e. The van der Waals surface area contributed by atoms with E-state index in [9.17, 15) is 9.59 Å². The van der Waals surface area contributed by atoms with E-state index < -0.39 is 0 Å². The fourth-order valence-electron chi connectivity index (χ4n) is 7.58. The zero-order valence-corrected chi connectivity index (χ0v) is 16.1. The van der Waals surface area contributed by atoms with Gasteiger partial charge in [0.15, 0.2) is 5.78 Å². The van der Waals surface area contributed by atoms with Gasteiger partial charge >= 0.3 is 0 Å². The Labute approximate surface area is 151 Å². The van der Waals surface area contributed by atoms with E-state index in [2.05, 4.69) is 13.8 Å². The van der Waals surface area contributed by atoms with Gasteiger partial charge < -0.3 is 4.74 Å². The summed E-state index contributed by atoms with van der Waals surface area (Å²) in [6.07, 6.45) is 9.28. The molecule has 3 saturated carbocycles. The molecule has 3 heteroatoms. The summed E-state index contributed by atoms with van der Waals surface area (Å²) < 4.78 is 5.86. The Morgan fingerprint density at radius 3 is 2.60 bits per heavy atom. The third-order valence-electron chi connectivity index (χ3n) is 8.81. The van der Waals surface area contributed by atoms with Crippen LogP contribution < -0.4 is 0 Å². The van der Waals surface area contributed by atoms with Crippen LogP contribution in [0.4, 0.5) is 0 Å². The first-order valence-corrected chi connectivity index (χ1v) is 10.1. The standard InChI is InChI=1S/C22H32O3/c1-13(23)17-7-8-18-16-6-5-14-11-15(24)12-20(25-4)22(14,3)19(16)9-10-21(17,18)2/h11,16-20H,5-10,12H2,1-4H3. The molecule has 0 heterocycles. The molecule has 7 unspecified atom stereocenters. The Hall–Kier alpha value is -0.960. The van der Waals surface area contributed by atoms with E-state index in [0.29, 0.717) is 30.0 Å². The fourth-order valence-corrected chi connectivity index (χ4v) is 7.58. The molecule has 138 valence electrons. The smallest absolute Gasteiger partial charge is 0.158 e. The highest BCUT2D eigenvalue weighted by molar-refractivity contribution is 5.92.